The van der Waals surface area contributed by atoms with Crippen LogP contribution in [0.15, 0.2) is 48.5 Å². The topological polar surface area (TPSA) is 100 Å². The molecule has 0 aliphatic rings. The van der Waals surface area contributed by atoms with E-state index < -0.39 is 16.1 Å². The summed E-state index contributed by atoms with van der Waals surface area (Å²) < 4.78 is 38.6. The minimum Gasteiger partial charge on any atom is -0.333 e. The molecule has 3 N–H and O–H groups in total. The highest BCUT2D eigenvalue weighted by molar-refractivity contribution is 7.88. The molecule has 1 aromatic heterocycles. The summed E-state index contributed by atoms with van der Waals surface area (Å²) in [5.74, 6) is -0.343. The number of hydrogen-bond acceptors (Lipinski definition) is 5. The van der Waals surface area contributed by atoms with Crippen molar-refractivity contribution in [3.63, 3.8) is 0 Å². The molecule has 33 heavy (non-hydrogen) atoms. The van der Waals surface area contributed by atoms with E-state index in [0.29, 0.717) is 16.9 Å². The molecule has 0 atom stereocenters. The van der Waals surface area contributed by atoms with Crippen molar-refractivity contribution in [2.45, 2.75) is 39.3 Å². The van der Waals surface area contributed by atoms with Gasteiger partial charge in [0.15, 0.2) is 0 Å². The Bertz CT molecular complexity index is 1230. The summed E-state index contributed by atoms with van der Waals surface area (Å²) in [7, 11) is -3.27. The molecule has 0 fully saturated rings. The maximum Gasteiger partial charge on any atom is 0.319 e. The zero-order valence-corrected chi connectivity index (χ0v) is 20.5. The number of nitrogens with zero attached hydrogens (tertiary/aromatic N) is 1. The number of aromatic nitrogens is 1. The lowest BCUT2D eigenvalue weighted by molar-refractivity contribution is 0.252. The molecular formula is C23H27FN4O3S2. The maximum atomic E-state index is 13.8. The fourth-order valence-electron chi connectivity index (χ4n) is 2.91. The Morgan fingerprint density at radius 1 is 1.09 bits per heavy atom. The van der Waals surface area contributed by atoms with Crippen molar-refractivity contribution >= 4 is 33.1 Å². The van der Waals surface area contributed by atoms with Gasteiger partial charge in [-0.1, -0.05) is 45.0 Å². The van der Waals surface area contributed by atoms with Gasteiger partial charge in [-0.15, -0.1) is 11.3 Å². The molecule has 0 spiro atoms. The summed E-state index contributed by atoms with van der Waals surface area (Å²) in [6.45, 7) is 6.58. The fourth-order valence-corrected chi connectivity index (χ4v) is 4.42. The number of hydrogen-bond donors (Lipinski definition) is 3. The Morgan fingerprint density at radius 2 is 1.79 bits per heavy atom. The van der Waals surface area contributed by atoms with Crippen LogP contribution in [0, 0.1) is 5.82 Å². The third-order valence-corrected chi connectivity index (χ3v) is 6.75. The summed E-state index contributed by atoms with van der Waals surface area (Å²) in [4.78, 5) is 18.0. The molecule has 176 valence electrons. The largest absolute Gasteiger partial charge is 0.333 e. The standard InChI is InChI=1S/C23H27FN4O3S2/c1-23(2,3)21-28-20(16-6-5-7-17(24)12-16)19(32-21)14-25-22(29)27-18-10-8-15(9-11-18)13-26-33(4,30)31/h5-12,26H,13-14H2,1-4H3,(H2,25,27,29). The van der Waals surface area contributed by atoms with Crippen LogP contribution in [0.25, 0.3) is 11.3 Å². The van der Waals surface area contributed by atoms with Crippen molar-refractivity contribution in [3.05, 3.63) is 69.8 Å². The normalized spacial score (nSPS) is 11.9. The van der Waals surface area contributed by atoms with E-state index in [4.69, 9.17) is 4.98 Å². The van der Waals surface area contributed by atoms with E-state index in [1.54, 1.807) is 36.4 Å². The molecule has 10 heteroatoms. The van der Waals surface area contributed by atoms with Crippen molar-refractivity contribution < 1.29 is 17.6 Å². The van der Waals surface area contributed by atoms with Gasteiger partial charge in [-0.2, -0.15) is 0 Å². The number of halogens is 1. The van der Waals surface area contributed by atoms with Gasteiger partial charge in [0.25, 0.3) is 0 Å². The molecule has 0 aliphatic heterocycles. The number of amides is 2. The lowest BCUT2D eigenvalue weighted by atomic mass is 9.98. The van der Waals surface area contributed by atoms with Crippen molar-refractivity contribution in [2.75, 3.05) is 11.6 Å². The van der Waals surface area contributed by atoms with Crippen molar-refractivity contribution in [2.24, 2.45) is 0 Å². The van der Waals surface area contributed by atoms with Crippen LogP contribution in [0.4, 0.5) is 14.9 Å². The number of nitrogens with one attached hydrogen (secondary N) is 3. The molecule has 7 nitrogen and oxygen atoms in total. The van der Waals surface area contributed by atoms with E-state index in [2.05, 4.69) is 36.1 Å². The van der Waals surface area contributed by atoms with Crippen LogP contribution in [0.5, 0.6) is 0 Å². The van der Waals surface area contributed by atoms with Crippen LogP contribution in [0.3, 0.4) is 0 Å². The molecule has 0 bridgehead atoms. The van der Waals surface area contributed by atoms with E-state index in [-0.39, 0.29) is 24.3 Å². The number of rotatable bonds is 7. The Balaban J connectivity index is 1.68. The molecule has 0 unspecified atom stereocenters. The highest BCUT2D eigenvalue weighted by Crippen LogP contribution is 2.34. The molecule has 0 aliphatic carbocycles. The van der Waals surface area contributed by atoms with E-state index in [1.807, 2.05) is 0 Å². The second kappa shape index (κ2) is 9.98. The van der Waals surface area contributed by atoms with E-state index in [9.17, 15) is 17.6 Å². The number of carbonyl (C=O) groups excluding carboxylic acids is 1. The SMILES string of the molecule is CC(C)(C)c1nc(-c2cccc(F)c2)c(CNC(=O)Nc2ccc(CNS(C)(=O)=O)cc2)s1. The van der Waals surface area contributed by atoms with Crippen LogP contribution >= 0.6 is 11.3 Å². The third kappa shape index (κ3) is 7.34. The Morgan fingerprint density at radius 3 is 2.39 bits per heavy atom. The highest BCUT2D eigenvalue weighted by Gasteiger charge is 2.22. The zero-order valence-electron chi connectivity index (χ0n) is 18.9. The number of thiazole rings is 1. The summed E-state index contributed by atoms with van der Waals surface area (Å²) in [6.07, 6.45) is 1.10. The smallest absolute Gasteiger partial charge is 0.319 e. The number of sulfonamides is 1. The first-order valence-corrected chi connectivity index (χ1v) is 13.0. The molecule has 0 saturated carbocycles. The summed E-state index contributed by atoms with van der Waals surface area (Å²) in [5.41, 5.74) is 2.48. The van der Waals surface area contributed by atoms with Gasteiger partial charge in [-0.25, -0.2) is 27.3 Å². The van der Waals surface area contributed by atoms with Gasteiger partial charge < -0.3 is 10.6 Å². The van der Waals surface area contributed by atoms with Crippen LogP contribution < -0.4 is 15.4 Å². The summed E-state index contributed by atoms with van der Waals surface area (Å²) >= 11 is 1.49. The predicted molar refractivity (Wildman–Crippen MR) is 130 cm³/mol. The molecule has 3 rings (SSSR count). The van der Waals surface area contributed by atoms with Gasteiger partial charge in [0.2, 0.25) is 10.0 Å². The van der Waals surface area contributed by atoms with Gasteiger partial charge in [0, 0.05) is 23.2 Å². The second-order valence-corrected chi connectivity index (χ2v) is 11.6. The molecule has 1 heterocycles. The van der Waals surface area contributed by atoms with Gasteiger partial charge in [-0.3, -0.25) is 0 Å². The molecule has 2 aromatic carbocycles. The van der Waals surface area contributed by atoms with Crippen molar-refractivity contribution in [1.82, 2.24) is 15.0 Å². The number of carbonyl (C=O) groups is 1. The lowest BCUT2D eigenvalue weighted by Gasteiger charge is -2.13. The van der Waals surface area contributed by atoms with Crippen LogP contribution in [-0.4, -0.2) is 25.7 Å². The van der Waals surface area contributed by atoms with E-state index >= 15 is 0 Å². The Labute approximate surface area is 197 Å². The zero-order chi connectivity index (χ0) is 24.2. The summed E-state index contributed by atoms with van der Waals surface area (Å²) in [5, 5.41) is 6.48. The first kappa shape index (κ1) is 24.8. The Kier molecular flexibility index (Phi) is 7.51. The highest BCUT2D eigenvalue weighted by atomic mass is 32.2. The quantitative estimate of drug-likeness (QED) is 0.450. The van der Waals surface area contributed by atoms with Crippen molar-refractivity contribution in [3.8, 4) is 11.3 Å². The summed E-state index contributed by atoms with van der Waals surface area (Å²) in [6, 6.07) is 12.7. The molecule has 3 aromatic rings. The average Bonchev–Trinajstić information content (AvgIpc) is 3.16. The van der Waals surface area contributed by atoms with Gasteiger partial charge >= 0.3 is 6.03 Å². The molecule has 2 amide bonds. The maximum absolute atomic E-state index is 13.8. The van der Waals surface area contributed by atoms with Crippen LogP contribution in [0.2, 0.25) is 0 Å². The first-order valence-electron chi connectivity index (χ1n) is 10.3. The number of anilines is 1. The third-order valence-electron chi connectivity index (χ3n) is 4.60. The lowest BCUT2D eigenvalue weighted by Crippen LogP contribution is -2.28. The second-order valence-electron chi connectivity index (χ2n) is 8.65. The Hall–Kier alpha value is -2.82. The number of benzene rings is 2. The predicted octanol–water partition coefficient (Wildman–Crippen LogP) is 4.62. The monoisotopic (exact) mass is 490 g/mol. The van der Waals surface area contributed by atoms with Gasteiger partial charge in [-0.05, 0) is 29.8 Å². The number of urea groups is 1. The minimum absolute atomic E-state index is 0.176. The molecule has 0 radical (unpaired) electrons. The van der Waals surface area contributed by atoms with E-state index in [1.165, 1.54) is 23.5 Å². The van der Waals surface area contributed by atoms with E-state index in [0.717, 1.165) is 21.7 Å². The minimum atomic E-state index is -3.27. The average molecular weight is 491 g/mol. The molecule has 0 saturated heterocycles. The van der Waals surface area contributed by atoms with Crippen LogP contribution in [0.1, 0.15) is 36.2 Å². The van der Waals surface area contributed by atoms with Gasteiger partial charge in [0.05, 0.1) is 28.4 Å². The fraction of sp³-hybridized carbons (Fsp3) is 0.304. The first-order chi connectivity index (χ1) is 15.4. The van der Waals surface area contributed by atoms with Gasteiger partial charge in [0.1, 0.15) is 5.82 Å². The van der Waals surface area contributed by atoms with Crippen LogP contribution in [-0.2, 0) is 28.5 Å². The molecular weight excluding hydrogens is 463 g/mol. The van der Waals surface area contributed by atoms with Crippen molar-refractivity contribution in [1.29, 1.82) is 0 Å².